The maximum atomic E-state index is 13.5. The van der Waals surface area contributed by atoms with Crippen LogP contribution >= 0.6 is 0 Å². The molecule has 2 aromatic carbocycles. The third-order valence-corrected chi connectivity index (χ3v) is 6.23. The molecule has 8 nitrogen and oxygen atoms in total. The van der Waals surface area contributed by atoms with E-state index in [2.05, 4.69) is 10.3 Å². The van der Waals surface area contributed by atoms with Crippen LogP contribution in [0.4, 0.5) is 11.4 Å². The van der Waals surface area contributed by atoms with Crippen LogP contribution < -0.4 is 19.1 Å². The first kappa shape index (κ1) is 22.1. The fraction of sp³-hybridized carbons (Fsp3) is 0.182. The van der Waals surface area contributed by atoms with E-state index in [4.69, 9.17) is 9.47 Å². The normalized spacial score (nSPS) is 10.9. The van der Waals surface area contributed by atoms with Gasteiger partial charge in [-0.05, 0) is 43.3 Å². The number of rotatable bonds is 8. The molecule has 1 heterocycles. The Morgan fingerprint density at radius 1 is 1.03 bits per heavy atom. The van der Waals surface area contributed by atoms with Crippen LogP contribution in [0.15, 0.2) is 71.8 Å². The summed E-state index contributed by atoms with van der Waals surface area (Å²) >= 11 is 0. The minimum atomic E-state index is -4.08. The molecule has 0 saturated heterocycles. The predicted octanol–water partition coefficient (Wildman–Crippen LogP) is 3.24. The summed E-state index contributed by atoms with van der Waals surface area (Å²) in [5, 5.41) is 2.72. The second-order valence-electron chi connectivity index (χ2n) is 6.60. The number of aromatic nitrogens is 1. The minimum absolute atomic E-state index is 0.0485. The summed E-state index contributed by atoms with van der Waals surface area (Å²) in [5.41, 5.74) is 1.43. The van der Waals surface area contributed by atoms with Gasteiger partial charge in [0.05, 0.1) is 24.8 Å². The van der Waals surface area contributed by atoms with Crippen LogP contribution in [0.25, 0.3) is 0 Å². The first-order chi connectivity index (χ1) is 14.8. The van der Waals surface area contributed by atoms with E-state index >= 15 is 0 Å². The highest BCUT2D eigenvalue weighted by Crippen LogP contribution is 2.35. The van der Waals surface area contributed by atoms with Gasteiger partial charge in [-0.1, -0.05) is 18.2 Å². The molecular weight excluding hydrogens is 418 g/mol. The number of anilines is 2. The van der Waals surface area contributed by atoms with Crippen LogP contribution in [-0.2, 0) is 14.8 Å². The number of ether oxygens (including phenoxy) is 2. The molecule has 1 amide bonds. The molecule has 1 aromatic heterocycles. The number of carbonyl (C=O) groups is 1. The standard InChI is InChI=1S/C22H23N3O5S/c1-16-13-17(11-12-23-16)24-22(26)15-25(31(27,28)19-7-5-4-6-8-19)20-14-18(29-2)9-10-21(20)30-3/h4-14H,15H2,1-3H3,(H,23,24,26). The van der Waals surface area contributed by atoms with Crippen molar-refractivity contribution in [3.8, 4) is 11.5 Å². The van der Waals surface area contributed by atoms with Gasteiger partial charge in [0.15, 0.2) is 0 Å². The zero-order valence-corrected chi connectivity index (χ0v) is 18.2. The molecule has 0 fully saturated rings. The van der Waals surface area contributed by atoms with Crippen LogP contribution in [0, 0.1) is 6.92 Å². The highest BCUT2D eigenvalue weighted by Gasteiger charge is 2.30. The van der Waals surface area contributed by atoms with Gasteiger partial charge in [-0.25, -0.2) is 8.42 Å². The van der Waals surface area contributed by atoms with Crippen LogP contribution in [-0.4, -0.2) is 40.1 Å². The average molecular weight is 442 g/mol. The molecule has 3 rings (SSSR count). The lowest BCUT2D eigenvalue weighted by atomic mass is 10.2. The first-order valence-corrected chi connectivity index (χ1v) is 10.8. The summed E-state index contributed by atoms with van der Waals surface area (Å²) < 4.78 is 38.6. The lowest BCUT2D eigenvalue weighted by Gasteiger charge is -2.26. The molecule has 0 aliphatic carbocycles. The monoisotopic (exact) mass is 441 g/mol. The van der Waals surface area contributed by atoms with Gasteiger partial charge in [0.2, 0.25) is 5.91 Å². The molecule has 0 atom stereocenters. The maximum Gasteiger partial charge on any atom is 0.264 e. The second-order valence-corrected chi connectivity index (χ2v) is 8.46. The smallest absolute Gasteiger partial charge is 0.264 e. The van der Waals surface area contributed by atoms with Crippen molar-refractivity contribution in [2.45, 2.75) is 11.8 Å². The van der Waals surface area contributed by atoms with Crippen molar-refractivity contribution in [1.29, 1.82) is 0 Å². The Morgan fingerprint density at radius 3 is 2.42 bits per heavy atom. The molecule has 0 saturated carbocycles. The molecule has 9 heteroatoms. The van der Waals surface area contributed by atoms with E-state index in [9.17, 15) is 13.2 Å². The van der Waals surface area contributed by atoms with Crippen molar-refractivity contribution in [2.75, 3.05) is 30.4 Å². The number of pyridine rings is 1. The zero-order chi connectivity index (χ0) is 22.4. The van der Waals surface area contributed by atoms with Crippen LogP contribution in [0.3, 0.4) is 0 Å². The topological polar surface area (TPSA) is 97.8 Å². The number of hydrogen-bond acceptors (Lipinski definition) is 6. The van der Waals surface area contributed by atoms with Gasteiger partial charge in [-0.15, -0.1) is 0 Å². The van der Waals surface area contributed by atoms with E-state index in [0.717, 1.165) is 10.00 Å². The Bertz CT molecular complexity index is 1170. The van der Waals surface area contributed by atoms with Gasteiger partial charge in [0, 0.05) is 23.6 Å². The molecule has 1 N–H and O–H groups in total. The van der Waals surface area contributed by atoms with Crippen molar-refractivity contribution < 1.29 is 22.7 Å². The average Bonchev–Trinajstić information content (AvgIpc) is 2.77. The Balaban J connectivity index is 2.04. The first-order valence-electron chi connectivity index (χ1n) is 9.37. The Morgan fingerprint density at radius 2 is 1.77 bits per heavy atom. The predicted molar refractivity (Wildman–Crippen MR) is 118 cm³/mol. The van der Waals surface area contributed by atoms with Crippen molar-refractivity contribution in [2.24, 2.45) is 0 Å². The number of aryl methyl sites for hydroxylation is 1. The number of nitrogens with one attached hydrogen (secondary N) is 1. The number of hydrogen-bond donors (Lipinski definition) is 1. The van der Waals surface area contributed by atoms with Gasteiger partial charge in [-0.2, -0.15) is 0 Å². The number of carbonyl (C=O) groups excluding carboxylic acids is 1. The van der Waals surface area contributed by atoms with Gasteiger partial charge in [-0.3, -0.25) is 14.1 Å². The van der Waals surface area contributed by atoms with Crippen molar-refractivity contribution in [3.63, 3.8) is 0 Å². The second kappa shape index (κ2) is 9.48. The molecule has 0 aliphatic heterocycles. The van der Waals surface area contributed by atoms with E-state index in [1.165, 1.54) is 32.4 Å². The number of sulfonamides is 1. The van der Waals surface area contributed by atoms with E-state index in [0.29, 0.717) is 11.4 Å². The van der Waals surface area contributed by atoms with Crippen LogP contribution in [0.5, 0.6) is 11.5 Å². The van der Waals surface area contributed by atoms with Crippen LogP contribution in [0.2, 0.25) is 0 Å². The van der Waals surface area contributed by atoms with E-state index in [1.54, 1.807) is 55.6 Å². The zero-order valence-electron chi connectivity index (χ0n) is 17.4. The van der Waals surface area contributed by atoms with Crippen LogP contribution in [0.1, 0.15) is 5.69 Å². The maximum absolute atomic E-state index is 13.5. The Hall–Kier alpha value is -3.59. The number of amides is 1. The van der Waals surface area contributed by atoms with E-state index < -0.39 is 22.5 Å². The molecule has 162 valence electrons. The summed E-state index contributed by atoms with van der Waals surface area (Å²) in [6.07, 6.45) is 1.56. The molecule has 0 bridgehead atoms. The number of benzene rings is 2. The molecule has 3 aromatic rings. The minimum Gasteiger partial charge on any atom is -0.497 e. The van der Waals surface area contributed by atoms with Crippen molar-refractivity contribution in [1.82, 2.24) is 4.98 Å². The summed E-state index contributed by atoms with van der Waals surface area (Å²) in [5.74, 6) is 0.192. The Kier molecular flexibility index (Phi) is 6.76. The number of nitrogens with zero attached hydrogens (tertiary/aromatic N) is 2. The highest BCUT2D eigenvalue weighted by molar-refractivity contribution is 7.92. The molecule has 0 aliphatic rings. The van der Waals surface area contributed by atoms with E-state index in [-0.39, 0.29) is 16.3 Å². The molecular formula is C22H23N3O5S. The third kappa shape index (κ3) is 5.13. The van der Waals surface area contributed by atoms with Crippen molar-refractivity contribution >= 4 is 27.3 Å². The number of methoxy groups -OCH3 is 2. The van der Waals surface area contributed by atoms with Crippen molar-refractivity contribution in [3.05, 3.63) is 72.6 Å². The van der Waals surface area contributed by atoms with Gasteiger partial charge in [0.1, 0.15) is 18.0 Å². The van der Waals surface area contributed by atoms with Gasteiger partial charge < -0.3 is 14.8 Å². The lowest BCUT2D eigenvalue weighted by molar-refractivity contribution is -0.114. The highest BCUT2D eigenvalue weighted by atomic mass is 32.2. The summed E-state index contributed by atoms with van der Waals surface area (Å²) in [7, 11) is -1.18. The van der Waals surface area contributed by atoms with E-state index in [1.807, 2.05) is 0 Å². The summed E-state index contributed by atoms with van der Waals surface area (Å²) in [6.45, 7) is 1.32. The Labute approximate surface area is 181 Å². The fourth-order valence-corrected chi connectivity index (χ4v) is 4.41. The quantitative estimate of drug-likeness (QED) is 0.576. The van der Waals surface area contributed by atoms with Gasteiger partial charge >= 0.3 is 0 Å². The fourth-order valence-electron chi connectivity index (χ4n) is 2.97. The molecule has 0 unspecified atom stereocenters. The van der Waals surface area contributed by atoms with Gasteiger partial charge in [0.25, 0.3) is 10.0 Å². The lowest BCUT2D eigenvalue weighted by Crippen LogP contribution is -2.38. The largest absolute Gasteiger partial charge is 0.497 e. The summed E-state index contributed by atoms with van der Waals surface area (Å²) in [4.78, 5) is 17.0. The molecule has 31 heavy (non-hydrogen) atoms. The molecule has 0 radical (unpaired) electrons. The SMILES string of the molecule is COc1ccc(OC)c(N(CC(=O)Nc2ccnc(C)c2)S(=O)(=O)c2ccccc2)c1. The third-order valence-electron chi connectivity index (χ3n) is 4.45. The summed E-state index contributed by atoms with van der Waals surface area (Å²) in [6, 6.07) is 16.0. The molecule has 0 spiro atoms.